The van der Waals surface area contributed by atoms with Crippen LogP contribution in [-0.2, 0) is 4.74 Å². The quantitative estimate of drug-likeness (QED) is 0.877. The number of nitrogens with zero attached hydrogens (tertiary/aromatic N) is 1. The number of aromatic amines is 1. The summed E-state index contributed by atoms with van der Waals surface area (Å²) in [6.45, 7) is 3.09. The zero-order valence-corrected chi connectivity index (χ0v) is 12.5. The lowest BCUT2D eigenvalue weighted by Crippen LogP contribution is -2.33. The number of benzene rings is 1. The van der Waals surface area contributed by atoms with Crippen molar-refractivity contribution in [3.8, 4) is 11.3 Å². The molecule has 0 bridgehead atoms. The van der Waals surface area contributed by atoms with Crippen LogP contribution in [0.4, 0.5) is 5.69 Å². The Hall–Kier alpha value is -1.81. The summed E-state index contributed by atoms with van der Waals surface area (Å²) in [5.41, 5.74) is 3.39. The first kappa shape index (κ1) is 14.1. The predicted octanol–water partition coefficient (Wildman–Crippen LogP) is 3.84. The van der Waals surface area contributed by atoms with Crippen LogP contribution in [0.1, 0.15) is 32.6 Å². The summed E-state index contributed by atoms with van der Waals surface area (Å²) >= 11 is 0. The van der Waals surface area contributed by atoms with E-state index in [-0.39, 0.29) is 0 Å². The van der Waals surface area contributed by atoms with Gasteiger partial charge in [-0.2, -0.15) is 0 Å². The molecule has 21 heavy (non-hydrogen) atoms. The largest absolute Gasteiger partial charge is 0.382 e. The fourth-order valence-electron chi connectivity index (χ4n) is 2.93. The highest BCUT2D eigenvalue weighted by atomic mass is 16.5. The minimum absolute atomic E-state index is 0.422. The van der Waals surface area contributed by atoms with Crippen LogP contribution in [0.3, 0.4) is 0 Å². The van der Waals surface area contributed by atoms with E-state index in [0.29, 0.717) is 12.1 Å². The van der Waals surface area contributed by atoms with Crippen molar-refractivity contribution in [2.75, 3.05) is 11.9 Å². The Bertz CT molecular complexity index is 534. The van der Waals surface area contributed by atoms with Gasteiger partial charge in [-0.15, -0.1) is 0 Å². The second-order valence-electron chi connectivity index (χ2n) is 5.69. The van der Waals surface area contributed by atoms with Crippen LogP contribution in [0.15, 0.2) is 36.8 Å². The SMILES string of the molecule is CCCC1CC(Nc2ccc(-c3cnc[nH]3)cc2)CCO1. The van der Waals surface area contributed by atoms with Crippen molar-refractivity contribution in [2.24, 2.45) is 0 Å². The highest BCUT2D eigenvalue weighted by Crippen LogP contribution is 2.23. The van der Waals surface area contributed by atoms with Gasteiger partial charge in [0, 0.05) is 18.3 Å². The Kier molecular flexibility index (Phi) is 4.55. The summed E-state index contributed by atoms with van der Waals surface area (Å²) in [6, 6.07) is 9.05. The van der Waals surface area contributed by atoms with Crippen LogP contribution in [0.25, 0.3) is 11.3 Å². The summed E-state index contributed by atoms with van der Waals surface area (Å²) in [6.07, 6.45) is 8.52. The Labute approximate surface area is 125 Å². The van der Waals surface area contributed by atoms with E-state index in [9.17, 15) is 0 Å². The van der Waals surface area contributed by atoms with Crippen molar-refractivity contribution in [3.05, 3.63) is 36.8 Å². The van der Waals surface area contributed by atoms with Gasteiger partial charge in [-0.1, -0.05) is 25.5 Å². The number of H-pyrrole nitrogens is 1. The maximum Gasteiger partial charge on any atom is 0.0924 e. The first-order chi connectivity index (χ1) is 10.3. The normalized spacial score (nSPS) is 22.1. The minimum Gasteiger partial charge on any atom is -0.382 e. The van der Waals surface area contributed by atoms with E-state index in [1.807, 2.05) is 6.20 Å². The molecule has 0 radical (unpaired) electrons. The fraction of sp³-hybridized carbons (Fsp3) is 0.471. The molecular formula is C17H23N3O. The molecular weight excluding hydrogens is 262 g/mol. The molecule has 2 unspecified atom stereocenters. The summed E-state index contributed by atoms with van der Waals surface area (Å²) in [4.78, 5) is 7.18. The molecule has 2 N–H and O–H groups in total. The molecule has 112 valence electrons. The minimum atomic E-state index is 0.422. The van der Waals surface area contributed by atoms with Gasteiger partial charge >= 0.3 is 0 Å². The molecule has 1 aromatic carbocycles. The molecule has 0 saturated carbocycles. The summed E-state index contributed by atoms with van der Waals surface area (Å²) < 4.78 is 5.80. The molecule has 1 aliphatic rings. The highest BCUT2D eigenvalue weighted by Gasteiger charge is 2.21. The average molecular weight is 285 g/mol. The lowest BCUT2D eigenvalue weighted by molar-refractivity contribution is 0.00598. The zero-order chi connectivity index (χ0) is 14.5. The topological polar surface area (TPSA) is 49.9 Å². The van der Waals surface area contributed by atoms with Crippen molar-refractivity contribution in [3.63, 3.8) is 0 Å². The first-order valence-electron chi connectivity index (χ1n) is 7.82. The molecule has 1 saturated heterocycles. The third kappa shape index (κ3) is 3.64. The molecule has 4 heteroatoms. The smallest absolute Gasteiger partial charge is 0.0924 e. The maximum atomic E-state index is 5.80. The second kappa shape index (κ2) is 6.76. The Morgan fingerprint density at radius 2 is 2.19 bits per heavy atom. The van der Waals surface area contributed by atoms with Gasteiger partial charge in [0.05, 0.1) is 24.3 Å². The van der Waals surface area contributed by atoms with Gasteiger partial charge in [0.15, 0.2) is 0 Å². The first-order valence-corrected chi connectivity index (χ1v) is 7.82. The Morgan fingerprint density at radius 1 is 1.33 bits per heavy atom. The van der Waals surface area contributed by atoms with Crippen molar-refractivity contribution < 1.29 is 4.74 Å². The van der Waals surface area contributed by atoms with Crippen LogP contribution < -0.4 is 5.32 Å². The number of rotatable bonds is 5. The molecule has 2 atom stereocenters. The molecule has 0 spiro atoms. The van der Waals surface area contributed by atoms with Crippen molar-refractivity contribution in [1.82, 2.24) is 9.97 Å². The standard InChI is InChI=1S/C17H23N3O/c1-2-3-16-10-15(8-9-21-16)20-14-6-4-13(5-7-14)17-11-18-12-19-17/h4-7,11-12,15-16,20H,2-3,8-10H2,1H3,(H,18,19). The molecule has 1 fully saturated rings. The molecule has 0 amide bonds. The number of nitrogens with one attached hydrogen (secondary N) is 2. The number of aromatic nitrogens is 2. The van der Waals surface area contributed by atoms with E-state index in [4.69, 9.17) is 4.74 Å². The van der Waals surface area contributed by atoms with E-state index >= 15 is 0 Å². The highest BCUT2D eigenvalue weighted by molar-refractivity contribution is 5.62. The predicted molar refractivity (Wildman–Crippen MR) is 85.3 cm³/mol. The van der Waals surface area contributed by atoms with E-state index in [0.717, 1.165) is 37.1 Å². The van der Waals surface area contributed by atoms with Gasteiger partial charge in [-0.25, -0.2) is 4.98 Å². The number of anilines is 1. The molecule has 2 heterocycles. The zero-order valence-electron chi connectivity index (χ0n) is 12.5. The molecule has 1 aliphatic heterocycles. The van der Waals surface area contributed by atoms with Crippen molar-refractivity contribution in [2.45, 2.75) is 44.8 Å². The lowest BCUT2D eigenvalue weighted by Gasteiger charge is -2.30. The van der Waals surface area contributed by atoms with Crippen molar-refractivity contribution in [1.29, 1.82) is 0 Å². The fourth-order valence-corrected chi connectivity index (χ4v) is 2.93. The van der Waals surface area contributed by atoms with E-state index < -0.39 is 0 Å². The molecule has 1 aromatic heterocycles. The Morgan fingerprint density at radius 3 is 2.90 bits per heavy atom. The van der Waals surface area contributed by atoms with Gasteiger partial charge in [0.2, 0.25) is 0 Å². The van der Waals surface area contributed by atoms with Crippen LogP contribution in [0, 0.1) is 0 Å². The van der Waals surface area contributed by atoms with Gasteiger partial charge < -0.3 is 15.0 Å². The average Bonchev–Trinajstić information content (AvgIpc) is 3.03. The maximum absolute atomic E-state index is 5.80. The van der Waals surface area contributed by atoms with Gasteiger partial charge in [0.1, 0.15) is 0 Å². The number of hydrogen-bond donors (Lipinski definition) is 2. The van der Waals surface area contributed by atoms with Gasteiger partial charge in [-0.3, -0.25) is 0 Å². The molecule has 0 aliphatic carbocycles. The van der Waals surface area contributed by atoms with Crippen LogP contribution in [-0.4, -0.2) is 28.7 Å². The van der Waals surface area contributed by atoms with Crippen LogP contribution in [0.2, 0.25) is 0 Å². The summed E-state index contributed by atoms with van der Waals surface area (Å²) in [5, 5.41) is 3.64. The molecule has 3 rings (SSSR count). The summed E-state index contributed by atoms with van der Waals surface area (Å²) in [5.74, 6) is 0. The monoisotopic (exact) mass is 285 g/mol. The van der Waals surface area contributed by atoms with E-state index in [1.165, 1.54) is 12.1 Å². The molecule has 4 nitrogen and oxygen atoms in total. The van der Waals surface area contributed by atoms with E-state index in [2.05, 4.69) is 46.5 Å². The van der Waals surface area contributed by atoms with Gasteiger partial charge in [0.25, 0.3) is 0 Å². The van der Waals surface area contributed by atoms with E-state index in [1.54, 1.807) is 6.33 Å². The third-order valence-electron chi connectivity index (χ3n) is 4.04. The summed E-state index contributed by atoms with van der Waals surface area (Å²) in [7, 11) is 0. The number of ether oxygens (including phenoxy) is 1. The van der Waals surface area contributed by atoms with Crippen LogP contribution in [0.5, 0.6) is 0 Å². The lowest BCUT2D eigenvalue weighted by atomic mass is 9.99. The third-order valence-corrected chi connectivity index (χ3v) is 4.04. The van der Waals surface area contributed by atoms with Crippen molar-refractivity contribution >= 4 is 5.69 Å². The van der Waals surface area contributed by atoms with Gasteiger partial charge in [-0.05, 0) is 37.0 Å². The molecule has 2 aromatic rings. The second-order valence-corrected chi connectivity index (χ2v) is 5.69. The Balaban J connectivity index is 1.60. The number of hydrogen-bond acceptors (Lipinski definition) is 3. The van der Waals surface area contributed by atoms with Crippen LogP contribution >= 0.6 is 0 Å². The number of imidazole rings is 1.